The molecule has 0 heterocycles. The summed E-state index contributed by atoms with van der Waals surface area (Å²) in [6.45, 7) is 9.05. The van der Waals surface area contributed by atoms with E-state index < -0.39 is 41.8 Å². The normalized spacial score (nSPS) is 13.2. The second-order valence-corrected chi connectivity index (χ2v) is 9.01. The Hall–Kier alpha value is -3.52. The Morgan fingerprint density at radius 1 is 0.943 bits per heavy atom. The molecule has 3 N–H and O–H groups in total. The number of hydrogen-bond acceptors (Lipinski definition) is 5. The van der Waals surface area contributed by atoms with Crippen molar-refractivity contribution in [3.8, 4) is 0 Å². The van der Waals surface area contributed by atoms with E-state index in [0.29, 0.717) is 12.8 Å². The van der Waals surface area contributed by atoms with E-state index in [1.54, 1.807) is 27.7 Å². The molecule has 0 aliphatic heterocycles. The summed E-state index contributed by atoms with van der Waals surface area (Å²) in [5.41, 5.74) is 9.49. The third kappa shape index (κ3) is 10.5. The van der Waals surface area contributed by atoms with Crippen LogP contribution in [-0.4, -0.2) is 52.8 Å². The van der Waals surface area contributed by atoms with Gasteiger partial charge in [-0.05, 0) is 23.8 Å². The van der Waals surface area contributed by atoms with Crippen LogP contribution in [0.1, 0.15) is 59.4 Å². The topological polar surface area (TPSA) is 150 Å². The van der Waals surface area contributed by atoms with E-state index in [9.17, 15) is 19.2 Å². The zero-order chi connectivity index (χ0) is 26.4. The van der Waals surface area contributed by atoms with Crippen LogP contribution in [0.3, 0.4) is 0 Å². The smallest absolute Gasteiger partial charge is 0.408 e. The molecule has 0 radical (unpaired) electrons. The van der Waals surface area contributed by atoms with Crippen molar-refractivity contribution in [2.75, 3.05) is 0 Å². The van der Waals surface area contributed by atoms with Gasteiger partial charge in [0.05, 0.1) is 6.04 Å². The number of carbonyl (C=O) groups is 4. The molecule has 0 spiro atoms. The van der Waals surface area contributed by atoms with Gasteiger partial charge in [0.15, 0.2) is 0 Å². The fourth-order valence-corrected chi connectivity index (χ4v) is 3.31. The van der Waals surface area contributed by atoms with Crippen LogP contribution in [0.4, 0.5) is 4.79 Å². The molecule has 0 aromatic heterocycles. The van der Waals surface area contributed by atoms with Gasteiger partial charge < -0.3 is 26.2 Å². The second-order valence-electron chi connectivity index (χ2n) is 9.01. The van der Waals surface area contributed by atoms with Crippen molar-refractivity contribution in [2.45, 2.75) is 78.6 Å². The molecule has 0 fully saturated rings. The predicted octanol–water partition coefficient (Wildman–Crippen LogP) is 2.62. The maximum absolute atomic E-state index is 13.0. The van der Waals surface area contributed by atoms with Crippen molar-refractivity contribution >= 4 is 29.9 Å². The summed E-state index contributed by atoms with van der Waals surface area (Å²) < 4.78 is 5.22. The second kappa shape index (κ2) is 15.4. The first-order valence-corrected chi connectivity index (χ1v) is 11.9. The van der Waals surface area contributed by atoms with Gasteiger partial charge in [0.2, 0.25) is 11.8 Å². The zero-order valence-corrected chi connectivity index (χ0v) is 21.1. The number of Topliss-reactive ketones (excluding diaryl/α,β-unsaturated/α-hetero) is 1. The monoisotopic (exact) mass is 487 g/mol. The van der Waals surface area contributed by atoms with E-state index in [1.807, 2.05) is 37.3 Å². The summed E-state index contributed by atoms with van der Waals surface area (Å²) in [6.07, 6.45) is 1.86. The van der Waals surface area contributed by atoms with Crippen LogP contribution in [0, 0.1) is 11.8 Å². The third-order valence-corrected chi connectivity index (χ3v) is 5.37. The van der Waals surface area contributed by atoms with E-state index in [-0.39, 0.29) is 18.4 Å². The number of nitrogens with one attached hydrogen (secondary N) is 3. The van der Waals surface area contributed by atoms with Gasteiger partial charge in [0.25, 0.3) is 5.78 Å². The van der Waals surface area contributed by atoms with E-state index >= 15 is 0 Å². The Kier molecular flexibility index (Phi) is 13.0. The molecule has 0 unspecified atom stereocenters. The van der Waals surface area contributed by atoms with Crippen LogP contribution in [0.2, 0.25) is 0 Å². The molecule has 1 aromatic rings. The molecule has 1 aromatic carbocycles. The predicted molar refractivity (Wildman–Crippen MR) is 131 cm³/mol. The third-order valence-electron chi connectivity index (χ3n) is 5.37. The van der Waals surface area contributed by atoms with Gasteiger partial charge in [-0.25, -0.2) is 4.79 Å². The minimum atomic E-state index is -0.950. The van der Waals surface area contributed by atoms with Crippen molar-refractivity contribution < 1.29 is 28.7 Å². The lowest BCUT2D eigenvalue weighted by molar-refractivity contribution is -0.133. The van der Waals surface area contributed by atoms with Gasteiger partial charge in [0.1, 0.15) is 18.7 Å². The molecule has 0 saturated carbocycles. The minimum Gasteiger partial charge on any atom is -0.445 e. The molecule has 3 amide bonds. The molecule has 0 saturated heterocycles. The molecule has 3 atom stereocenters. The summed E-state index contributed by atoms with van der Waals surface area (Å²) in [5.74, 6) is -2.20. The summed E-state index contributed by atoms with van der Waals surface area (Å²) in [6, 6.07) is 6.38. The maximum atomic E-state index is 13.0. The molecule has 10 nitrogen and oxygen atoms in total. The SMILES string of the molecule is CCCC[C@H](NC(=O)[C@H](NC(=O)[C@H](NC(=O)OCc1ccccc1)C(C)C)C(C)C)C(=O)C=[N+]=[N-]. The number of ketones is 1. The molecule has 1 rings (SSSR count). The van der Waals surface area contributed by atoms with Crippen molar-refractivity contribution in [1.82, 2.24) is 16.0 Å². The van der Waals surface area contributed by atoms with E-state index in [0.717, 1.165) is 18.2 Å². The highest BCUT2D eigenvalue weighted by Crippen LogP contribution is 2.09. The van der Waals surface area contributed by atoms with Crippen LogP contribution in [0.5, 0.6) is 0 Å². The summed E-state index contributed by atoms with van der Waals surface area (Å²) >= 11 is 0. The van der Waals surface area contributed by atoms with Crippen molar-refractivity contribution in [3.05, 3.63) is 41.4 Å². The van der Waals surface area contributed by atoms with Gasteiger partial charge >= 0.3 is 12.3 Å². The summed E-state index contributed by atoms with van der Waals surface area (Å²) in [7, 11) is 0. The molecular weight excluding hydrogens is 450 g/mol. The highest BCUT2D eigenvalue weighted by atomic mass is 16.5. The number of rotatable bonds is 14. The van der Waals surface area contributed by atoms with Crippen LogP contribution < -0.4 is 16.0 Å². The van der Waals surface area contributed by atoms with Gasteiger partial charge in [-0.1, -0.05) is 77.8 Å². The quantitative estimate of drug-likeness (QED) is 0.209. The molecule has 0 aliphatic carbocycles. The van der Waals surface area contributed by atoms with Crippen LogP contribution >= 0.6 is 0 Å². The number of unbranched alkanes of at least 4 members (excludes halogenated alkanes) is 1. The lowest BCUT2D eigenvalue weighted by Crippen LogP contribution is -2.58. The Labute approximate surface area is 206 Å². The molecular formula is C25H37N5O5. The first kappa shape index (κ1) is 29.5. The Morgan fingerprint density at radius 2 is 1.51 bits per heavy atom. The lowest BCUT2D eigenvalue weighted by atomic mass is 9.98. The van der Waals surface area contributed by atoms with Gasteiger partial charge in [-0.15, -0.1) is 0 Å². The summed E-state index contributed by atoms with van der Waals surface area (Å²) in [5, 5.41) is 7.92. The van der Waals surface area contributed by atoms with Crippen LogP contribution in [-0.2, 0) is 25.7 Å². The van der Waals surface area contributed by atoms with Crippen LogP contribution in [0.25, 0.3) is 5.53 Å². The number of nitrogens with zero attached hydrogens (tertiary/aromatic N) is 2. The Balaban J connectivity index is 2.85. The molecule has 192 valence electrons. The Bertz CT molecular complexity index is 897. The molecule has 10 heteroatoms. The number of hydrogen-bond donors (Lipinski definition) is 3. The van der Waals surface area contributed by atoms with Gasteiger partial charge in [-0.2, -0.15) is 4.79 Å². The highest BCUT2D eigenvalue weighted by Gasteiger charge is 2.32. The van der Waals surface area contributed by atoms with E-state index in [2.05, 4.69) is 20.7 Å². The van der Waals surface area contributed by atoms with Gasteiger partial charge in [0, 0.05) is 0 Å². The molecule has 35 heavy (non-hydrogen) atoms. The number of ether oxygens (including phenoxy) is 1. The maximum Gasteiger partial charge on any atom is 0.408 e. The first-order valence-electron chi connectivity index (χ1n) is 11.9. The standard InChI is InChI=1S/C25H37N5O5/c1-6-7-13-19(20(31)14-27-26)28-23(32)21(16(2)3)29-24(33)22(17(4)5)30-25(34)35-15-18-11-9-8-10-12-18/h8-12,14,16-17,19,21-22H,6-7,13,15H2,1-5H3,(H,28,32)(H,29,33)(H,30,34)/t19-,21+,22+/m0/s1. The average Bonchev–Trinajstić information content (AvgIpc) is 2.82. The van der Waals surface area contributed by atoms with Crippen molar-refractivity contribution in [2.24, 2.45) is 11.8 Å². The Morgan fingerprint density at radius 3 is 2.06 bits per heavy atom. The molecule has 0 aliphatic rings. The number of alkyl carbamates (subject to hydrolysis) is 1. The number of benzene rings is 1. The first-order chi connectivity index (χ1) is 16.6. The molecule has 0 bridgehead atoms. The van der Waals surface area contributed by atoms with Crippen molar-refractivity contribution in [3.63, 3.8) is 0 Å². The summed E-state index contributed by atoms with van der Waals surface area (Å²) in [4.78, 5) is 53.3. The zero-order valence-electron chi connectivity index (χ0n) is 21.1. The largest absolute Gasteiger partial charge is 0.445 e. The minimum absolute atomic E-state index is 0.0560. The van der Waals surface area contributed by atoms with Gasteiger partial charge in [-0.3, -0.25) is 14.4 Å². The number of carbonyl (C=O) groups excluding carboxylic acids is 4. The average molecular weight is 488 g/mol. The van der Waals surface area contributed by atoms with E-state index in [1.165, 1.54) is 0 Å². The van der Waals surface area contributed by atoms with Crippen LogP contribution in [0.15, 0.2) is 30.3 Å². The van der Waals surface area contributed by atoms with E-state index in [4.69, 9.17) is 10.3 Å². The lowest BCUT2D eigenvalue weighted by Gasteiger charge is -2.27. The fourth-order valence-electron chi connectivity index (χ4n) is 3.31. The highest BCUT2D eigenvalue weighted by molar-refractivity contribution is 6.28. The van der Waals surface area contributed by atoms with Crippen molar-refractivity contribution in [1.29, 1.82) is 0 Å². The number of amides is 3. The fraction of sp³-hybridized carbons (Fsp3) is 0.560.